The molecule has 1 atom stereocenters. The Bertz CT molecular complexity index is 1240. The van der Waals surface area contributed by atoms with Gasteiger partial charge in [0.2, 0.25) is 0 Å². The Kier molecular flexibility index (Phi) is 4.20. The minimum atomic E-state index is -0.479. The number of methoxy groups -OCH3 is 1. The SMILES string of the molecule is C=CCC(C)(c1nc2ccc(C#N)cc2[nH]1)c1c(OC)cc(C)c2[nH]ccc12. The maximum atomic E-state index is 9.20. The third-order valence-corrected chi connectivity index (χ3v) is 5.46. The summed E-state index contributed by atoms with van der Waals surface area (Å²) in [6.45, 7) is 8.21. The molecule has 0 fully saturated rings. The maximum Gasteiger partial charge on any atom is 0.124 e. The number of allylic oxidation sites excluding steroid dienone is 1. The van der Waals surface area contributed by atoms with Gasteiger partial charge in [0.1, 0.15) is 11.6 Å². The van der Waals surface area contributed by atoms with Crippen LogP contribution in [0.15, 0.2) is 49.2 Å². The maximum absolute atomic E-state index is 9.20. The molecule has 0 aliphatic carbocycles. The molecule has 0 bridgehead atoms. The third kappa shape index (κ3) is 2.57. The molecule has 0 saturated carbocycles. The second-order valence-corrected chi connectivity index (χ2v) is 7.29. The number of nitriles is 1. The highest BCUT2D eigenvalue weighted by Gasteiger charge is 2.36. The zero-order chi connectivity index (χ0) is 19.9. The normalized spacial score (nSPS) is 13.4. The number of aryl methyl sites for hydroxylation is 1. The topological polar surface area (TPSA) is 77.5 Å². The van der Waals surface area contributed by atoms with Gasteiger partial charge in [-0.05, 0) is 56.2 Å². The van der Waals surface area contributed by atoms with E-state index >= 15 is 0 Å². The van der Waals surface area contributed by atoms with E-state index in [1.807, 2.05) is 24.4 Å². The van der Waals surface area contributed by atoms with Crippen molar-refractivity contribution in [1.82, 2.24) is 15.0 Å². The van der Waals surface area contributed by atoms with Gasteiger partial charge in [-0.25, -0.2) is 4.98 Å². The molecular weight excluding hydrogens is 348 g/mol. The Labute approximate surface area is 163 Å². The largest absolute Gasteiger partial charge is 0.496 e. The van der Waals surface area contributed by atoms with Gasteiger partial charge in [0.05, 0.1) is 35.2 Å². The number of H-pyrrole nitrogens is 2. The van der Waals surface area contributed by atoms with Crippen LogP contribution in [0, 0.1) is 18.3 Å². The number of nitrogens with one attached hydrogen (secondary N) is 2. The lowest BCUT2D eigenvalue weighted by Gasteiger charge is -2.30. The van der Waals surface area contributed by atoms with Gasteiger partial charge in [0.25, 0.3) is 0 Å². The zero-order valence-corrected chi connectivity index (χ0v) is 16.3. The Hall–Kier alpha value is -3.52. The summed E-state index contributed by atoms with van der Waals surface area (Å²) in [6, 6.07) is 11.8. The average molecular weight is 370 g/mol. The zero-order valence-electron chi connectivity index (χ0n) is 16.3. The van der Waals surface area contributed by atoms with Crippen LogP contribution in [0.5, 0.6) is 5.75 Å². The highest BCUT2D eigenvalue weighted by Crippen LogP contribution is 2.44. The fourth-order valence-electron chi connectivity index (χ4n) is 4.05. The van der Waals surface area contributed by atoms with Gasteiger partial charge in [0.15, 0.2) is 0 Å². The summed E-state index contributed by atoms with van der Waals surface area (Å²) in [7, 11) is 1.70. The van der Waals surface area contributed by atoms with Crippen LogP contribution in [0.1, 0.15) is 35.9 Å². The summed E-state index contributed by atoms with van der Waals surface area (Å²) in [5.74, 6) is 1.65. The summed E-state index contributed by atoms with van der Waals surface area (Å²) in [5.41, 5.74) is 5.10. The van der Waals surface area contributed by atoms with E-state index < -0.39 is 5.41 Å². The minimum absolute atomic E-state index is 0.479. The smallest absolute Gasteiger partial charge is 0.124 e. The van der Waals surface area contributed by atoms with Crippen molar-refractivity contribution in [1.29, 1.82) is 5.26 Å². The molecule has 2 aromatic heterocycles. The van der Waals surface area contributed by atoms with E-state index in [1.165, 1.54) is 0 Å². The molecule has 0 spiro atoms. The molecule has 0 aliphatic heterocycles. The molecule has 2 heterocycles. The molecule has 5 nitrogen and oxygen atoms in total. The van der Waals surface area contributed by atoms with Gasteiger partial charge in [0, 0.05) is 22.7 Å². The van der Waals surface area contributed by atoms with Crippen molar-refractivity contribution in [3.63, 3.8) is 0 Å². The first-order valence-electron chi connectivity index (χ1n) is 9.18. The molecule has 2 N–H and O–H groups in total. The molecule has 4 rings (SSSR count). The van der Waals surface area contributed by atoms with Crippen molar-refractivity contribution in [2.45, 2.75) is 25.7 Å². The molecule has 140 valence electrons. The molecule has 0 aliphatic rings. The van der Waals surface area contributed by atoms with Crippen LogP contribution in [-0.2, 0) is 5.41 Å². The fourth-order valence-corrected chi connectivity index (χ4v) is 4.05. The molecule has 0 amide bonds. The predicted octanol–water partition coefficient (Wildman–Crippen LogP) is 5.12. The lowest BCUT2D eigenvalue weighted by atomic mass is 9.76. The summed E-state index contributed by atoms with van der Waals surface area (Å²) in [5, 5.41) is 10.3. The molecule has 2 aromatic carbocycles. The molecule has 5 heteroatoms. The number of aromatic amines is 2. The number of rotatable bonds is 5. The van der Waals surface area contributed by atoms with Crippen LogP contribution in [0.3, 0.4) is 0 Å². The number of aromatic nitrogens is 3. The Morgan fingerprint density at radius 3 is 2.86 bits per heavy atom. The monoisotopic (exact) mass is 370 g/mol. The van der Waals surface area contributed by atoms with E-state index in [9.17, 15) is 5.26 Å². The summed E-state index contributed by atoms with van der Waals surface area (Å²) >= 11 is 0. The highest BCUT2D eigenvalue weighted by atomic mass is 16.5. The summed E-state index contributed by atoms with van der Waals surface area (Å²) in [6.07, 6.45) is 4.54. The van der Waals surface area contributed by atoms with Gasteiger partial charge >= 0.3 is 0 Å². The van der Waals surface area contributed by atoms with Crippen molar-refractivity contribution in [3.8, 4) is 11.8 Å². The van der Waals surface area contributed by atoms with Gasteiger partial charge in [-0.3, -0.25) is 0 Å². The van der Waals surface area contributed by atoms with Crippen molar-refractivity contribution in [3.05, 3.63) is 71.7 Å². The number of nitrogens with zero attached hydrogens (tertiary/aromatic N) is 2. The van der Waals surface area contributed by atoms with Crippen LogP contribution in [0.4, 0.5) is 0 Å². The molecule has 0 saturated heterocycles. The lowest BCUT2D eigenvalue weighted by molar-refractivity contribution is 0.396. The summed E-state index contributed by atoms with van der Waals surface area (Å²) in [4.78, 5) is 11.6. The Balaban J connectivity index is 2.03. The first-order chi connectivity index (χ1) is 13.5. The number of fused-ring (bicyclic) bond motifs is 2. The van der Waals surface area contributed by atoms with E-state index in [4.69, 9.17) is 9.72 Å². The highest BCUT2D eigenvalue weighted by molar-refractivity contribution is 5.90. The van der Waals surface area contributed by atoms with Gasteiger partial charge in [-0.15, -0.1) is 6.58 Å². The van der Waals surface area contributed by atoms with Crippen LogP contribution < -0.4 is 4.74 Å². The van der Waals surface area contributed by atoms with E-state index in [2.05, 4.69) is 48.6 Å². The van der Waals surface area contributed by atoms with Crippen molar-refractivity contribution < 1.29 is 4.74 Å². The van der Waals surface area contributed by atoms with E-state index in [0.29, 0.717) is 12.0 Å². The van der Waals surface area contributed by atoms with Crippen LogP contribution in [0.25, 0.3) is 21.9 Å². The first-order valence-corrected chi connectivity index (χ1v) is 9.18. The number of imidazole rings is 1. The van der Waals surface area contributed by atoms with Gasteiger partial charge in [-0.1, -0.05) is 6.08 Å². The van der Waals surface area contributed by atoms with Crippen LogP contribution in [0.2, 0.25) is 0 Å². The van der Waals surface area contributed by atoms with Crippen molar-refractivity contribution >= 4 is 21.9 Å². The molecule has 0 radical (unpaired) electrons. The van der Waals surface area contributed by atoms with Crippen molar-refractivity contribution in [2.24, 2.45) is 0 Å². The quantitative estimate of drug-likeness (QED) is 0.479. The molecule has 4 aromatic rings. The number of benzene rings is 2. The van der Waals surface area contributed by atoms with E-state index in [-0.39, 0.29) is 0 Å². The second kappa shape index (κ2) is 6.58. The Morgan fingerprint density at radius 1 is 1.32 bits per heavy atom. The van der Waals surface area contributed by atoms with Crippen LogP contribution in [-0.4, -0.2) is 22.1 Å². The van der Waals surface area contributed by atoms with E-state index in [1.54, 1.807) is 13.2 Å². The lowest BCUT2D eigenvalue weighted by Crippen LogP contribution is -2.26. The van der Waals surface area contributed by atoms with Gasteiger partial charge < -0.3 is 14.7 Å². The predicted molar refractivity (Wildman–Crippen MR) is 112 cm³/mol. The number of ether oxygens (including phenoxy) is 1. The third-order valence-electron chi connectivity index (χ3n) is 5.46. The second-order valence-electron chi connectivity index (χ2n) is 7.29. The minimum Gasteiger partial charge on any atom is -0.496 e. The number of hydrogen-bond acceptors (Lipinski definition) is 3. The average Bonchev–Trinajstić information content (AvgIpc) is 3.34. The fraction of sp³-hybridized carbons (Fsp3) is 0.217. The first kappa shape index (κ1) is 17.9. The summed E-state index contributed by atoms with van der Waals surface area (Å²) < 4.78 is 5.80. The van der Waals surface area contributed by atoms with Crippen molar-refractivity contribution in [2.75, 3.05) is 7.11 Å². The van der Waals surface area contributed by atoms with Crippen LogP contribution >= 0.6 is 0 Å². The van der Waals surface area contributed by atoms with Gasteiger partial charge in [-0.2, -0.15) is 5.26 Å². The molecular formula is C23H22N4O. The number of hydrogen-bond donors (Lipinski definition) is 2. The molecule has 28 heavy (non-hydrogen) atoms. The van der Waals surface area contributed by atoms with E-state index in [0.717, 1.165) is 44.6 Å². The standard InChI is InChI=1S/C23H22N4O/c1-5-9-23(3,22-26-17-7-6-15(13-24)12-18(17)27-22)20-16-8-10-25-21(16)14(2)11-19(20)28-4/h5-8,10-12,25H,1,9H2,2-4H3,(H,26,27). The Morgan fingerprint density at radius 2 is 2.14 bits per heavy atom. The molecule has 1 unspecified atom stereocenters.